The van der Waals surface area contributed by atoms with Crippen molar-refractivity contribution in [3.63, 3.8) is 0 Å². The third-order valence-electron chi connectivity index (χ3n) is 6.63. The monoisotopic (exact) mass is 336 g/mol. The SMILES string of the molecule is CC(C)N1CCN(CCCC(C)(C)N2CCN(C3CC3)CC2)CC1. The molecule has 0 bridgehead atoms. The van der Waals surface area contributed by atoms with Gasteiger partial charge in [-0.05, 0) is 59.9 Å². The van der Waals surface area contributed by atoms with Crippen molar-refractivity contribution in [3.05, 3.63) is 0 Å². The molecule has 0 unspecified atom stereocenters. The van der Waals surface area contributed by atoms with Gasteiger partial charge in [0.2, 0.25) is 0 Å². The summed E-state index contributed by atoms with van der Waals surface area (Å²) in [6.45, 7) is 21.0. The van der Waals surface area contributed by atoms with Gasteiger partial charge in [-0.1, -0.05) is 0 Å². The summed E-state index contributed by atoms with van der Waals surface area (Å²) in [5.74, 6) is 0. The van der Waals surface area contributed by atoms with Crippen LogP contribution in [0.25, 0.3) is 0 Å². The highest BCUT2D eigenvalue weighted by Gasteiger charge is 2.35. The molecule has 3 aliphatic rings. The first kappa shape index (κ1) is 18.6. The van der Waals surface area contributed by atoms with Gasteiger partial charge in [0.05, 0.1) is 0 Å². The second-order valence-corrected chi connectivity index (χ2v) is 9.14. The summed E-state index contributed by atoms with van der Waals surface area (Å²) >= 11 is 0. The lowest BCUT2D eigenvalue weighted by atomic mass is 9.94. The summed E-state index contributed by atoms with van der Waals surface area (Å²) in [7, 11) is 0. The molecule has 0 aromatic heterocycles. The second-order valence-electron chi connectivity index (χ2n) is 9.14. The zero-order valence-electron chi connectivity index (χ0n) is 16.6. The average Bonchev–Trinajstić information content (AvgIpc) is 3.40. The van der Waals surface area contributed by atoms with Gasteiger partial charge in [0, 0.05) is 70.0 Å². The Morgan fingerprint density at radius 3 is 2.04 bits per heavy atom. The first-order chi connectivity index (χ1) is 11.5. The molecule has 1 saturated carbocycles. The van der Waals surface area contributed by atoms with E-state index in [-0.39, 0.29) is 0 Å². The molecule has 3 fully saturated rings. The summed E-state index contributed by atoms with van der Waals surface area (Å²) in [6.07, 6.45) is 5.58. The van der Waals surface area contributed by atoms with Gasteiger partial charge < -0.3 is 4.90 Å². The van der Waals surface area contributed by atoms with E-state index in [9.17, 15) is 0 Å². The maximum absolute atomic E-state index is 2.75. The zero-order valence-corrected chi connectivity index (χ0v) is 16.6. The summed E-state index contributed by atoms with van der Waals surface area (Å²) in [6, 6.07) is 1.65. The van der Waals surface area contributed by atoms with Crippen LogP contribution in [-0.4, -0.2) is 96.1 Å². The Balaban J connectivity index is 1.33. The van der Waals surface area contributed by atoms with Crippen molar-refractivity contribution >= 4 is 0 Å². The topological polar surface area (TPSA) is 13.0 Å². The van der Waals surface area contributed by atoms with Crippen LogP contribution in [0.3, 0.4) is 0 Å². The van der Waals surface area contributed by atoms with E-state index in [1.54, 1.807) is 0 Å². The Kier molecular flexibility index (Phi) is 6.23. The van der Waals surface area contributed by atoms with Crippen LogP contribution in [0.4, 0.5) is 0 Å². The molecule has 0 N–H and O–H groups in total. The molecule has 0 atom stereocenters. The predicted octanol–water partition coefficient (Wildman–Crippen LogP) is 2.35. The van der Waals surface area contributed by atoms with E-state index in [1.807, 2.05) is 0 Å². The van der Waals surface area contributed by atoms with Gasteiger partial charge >= 0.3 is 0 Å². The molecule has 2 saturated heterocycles. The van der Waals surface area contributed by atoms with Gasteiger partial charge in [-0.2, -0.15) is 0 Å². The Hall–Kier alpha value is -0.160. The lowest BCUT2D eigenvalue weighted by Crippen LogP contribution is -2.55. The summed E-state index contributed by atoms with van der Waals surface area (Å²) in [5.41, 5.74) is 0.370. The molecule has 2 heterocycles. The molecule has 140 valence electrons. The zero-order chi connectivity index (χ0) is 17.2. The molecule has 4 nitrogen and oxygen atoms in total. The third kappa shape index (κ3) is 4.94. The van der Waals surface area contributed by atoms with Crippen molar-refractivity contribution in [1.29, 1.82) is 0 Å². The highest BCUT2D eigenvalue weighted by Crippen LogP contribution is 2.29. The fourth-order valence-electron chi connectivity index (χ4n) is 4.53. The molecule has 4 heteroatoms. The number of piperazine rings is 2. The Morgan fingerprint density at radius 1 is 0.875 bits per heavy atom. The molecule has 0 spiro atoms. The maximum atomic E-state index is 2.75. The number of nitrogens with zero attached hydrogens (tertiary/aromatic N) is 4. The first-order valence-corrected chi connectivity index (χ1v) is 10.4. The van der Waals surface area contributed by atoms with Gasteiger partial charge in [0.1, 0.15) is 0 Å². The standard InChI is InChI=1S/C20H40N4/c1-18(2)22-12-10-21(11-13-22)9-5-8-20(3,4)24-16-14-23(15-17-24)19-6-7-19/h18-19H,5-17H2,1-4H3. The lowest BCUT2D eigenvalue weighted by molar-refractivity contribution is 0.0395. The summed E-state index contributed by atoms with van der Waals surface area (Å²) < 4.78 is 0. The van der Waals surface area contributed by atoms with Gasteiger partial charge in [-0.3, -0.25) is 14.7 Å². The van der Waals surface area contributed by atoms with Crippen molar-refractivity contribution < 1.29 is 0 Å². The third-order valence-corrected chi connectivity index (χ3v) is 6.63. The number of rotatable bonds is 7. The van der Waals surface area contributed by atoms with E-state index < -0.39 is 0 Å². The van der Waals surface area contributed by atoms with Crippen molar-refractivity contribution in [2.45, 2.75) is 71.0 Å². The maximum Gasteiger partial charge on any atom is 0.0154 e. The van der Waals surface area contributed by atoms with Crippen LogP contribution in [0.15, 0.2) is 0 Å². The minimum absolute atomic E-state index is 0.370. The average molecular weight is 337 g/mol. The quantitative estimate of drug-likeness (QED) is 0.707. The van der Waals surface area contributed by atoms with Crippen LogP contribution in [-0.2, 0) is 0 Å². The highest BCUT2D eigenvalue weighted by molar-refractivity contribution is 4.91. The van der Waals surface area contributed by atoms with E-state index in [4.69, 9.17) is 0 Å². The Labute approximate surface area is 150 Å². The fourth-order valence-corrected chi connectivity index (χ4v) is 4.53. The molecule has 1 aliphatic carbocycles. The van der Waals surface area contributed by atoms with Crippen molar-refractivity contribution in [3.8, 4) is 0 Å². The van der Waals surface area contributed by atoms with E-state index in [0.717, 1.165) is 6.04 Å². The van der Waals surface area contributed by atoms with Crippen LogP contribution in [0, 0.1) is 0 Å². The number of hydrogen-bond acceptors (Lipinski definition) is 4. The van der Waals surface area contributed by atoms with E-state index in [1.165, 1.54) is 84.6 Å². The molecule has 0 radical (unpaired) electrons. The van der Waals surface area contributed by atoms with Crippen LogP contribution in [0.1, 0.15) is 53.4 Å². The van der Waals surface area contributed by atoms with Gasteiger partial charge in [0.15, 0.2) is 0 Å². The van der Waals surface area contributed by atoms with Crippen molar-refractivity contribution in [1.82, 2.24) is 19.6 Å². The summed E-state index contributed by atoms with van der Waals surface area (Å²) in [4.78, 5) is 10.8. The molecule has 0 aromatic carbocycles. The number of hydrogen-bond donors (Lipinski definition) is 0. The van der Waals surface area contributed by atoms with Crippen LogP contribution < -0.4 is 0 Å². The highest BCUT2D eigenvalue weighted by atomic mass is 15.3. The van der Waals surface area contributed by atoms with E-state index >= 15 is 0 Å². The largest absolute Gasteiger partial charge is 0.301 e. The molecular weight excluding hydrogens is 296 g/mol. The van der Waals surface area contributed by atoms with E-state index in [2.05, 4.69) is 47.3 Å². The van der Waals surface area contributed by atoms with Crippen LogP contribution in [0.2, 0.25) is 0 Å². The normalized spacial score (nSPS) is 26.4. The van der Waals surface area contributed by atoms with Crippen LogP contribution in [0.5, 0.6) is 0 Å². The smallest absolute Gasteiger partial charge is 0.0154 e. The fraction of sp³-hybridized carbons (Fsp3) is 1.00. The Bertz CT molecular complexity index is 375. The molecule has 2 aliphatic heterocycles. The lowest BCUT2D eigenvalue weighted by Gasteiger charge is -2.45. The van der Waals surface area contributed by atoms with E-state index in [0.29, 0.717) is 11.6 Å². The molecule has 0 amide bonds. The molecule has 3 rings (SSSR count). The summed E-state index contributed by atoms with van der Waals surface area (Å²) in [5, 5.41) is 0. The minimum atomic E-state index is 0.370. The predicted molar refractivity (Wildman–Crippen MR) is 103 cm³/mol. The minimum Gasteiger partial charge on any atom is -0.301 e. The molecule has 0 aromatic rings. The first-order valence-electron chi connectivity index (χ1n) is 10.4. The second kappa shape index (κ2) is 8.03. The van der Waals surface area contributed by atoms with Crippen molar-refractivity contribution in [2.75, 3.05) is 58.9 Å². The van der Waals surface area contributed by atoms with Crippen LogP contribution >= 0.6 is 0 Å². The molecule has 24 heavy (non-hydrogen) atoms. The van der Waals surface area contributed by atoms with Crippen molar-refractivity contribution in [2.24, 2.45) is 0 Å². The Morgan fingerprint density at radius 2 is 1.50 bits per heavy atom. The van der Waals surface area contributed by atoms with Gasteiger partial charge in [-0.15, -0.1) is 0 Å². The van der Waals surface area contributed by atoms with Gasteiger partial charge in [0.25, 0.3) is 0 Å². The van der Waals surface area contributed by atoms with Gasteiger partial charge in [-0.25, -0.2) is 0 Å². The molecular formula is C20H40N4.